The van der Waals surface area contributed by atoms with Crippen molar-refractivity contribution in [1.29, 1.82) is 0 Å². The summed E-state index contributed by atoms with van der Waals surface area (Å²) in [5.41, 5.74) is 0.730. The highest BCUT2D eigenvalue weighted by molar-refractivity contribution is 9.10. The molecule has 1 amide bonds. The topological polar surface area (TPSA) is 107 Å². The number of nitrogens with zero attached hydrogens (tertiary/aromatic N) is 3. The van der Waals surface area contributed by atoms with Gasteiger partial charge in [-0.1, -0.05) is 12.1 Å². The van der Waals surface area contributed by atoms with Crippen LogP contribution < -0.4 is 24.8 Å². The normalized spacial score (nSPS) is 10.3. The number of para-hydroxylation sites is 1. The van der Waals surface area contributed by atoms with Gasteiger partial charge < -0.3 is 24.8 Å². The molecule has 0 aliphatic rings. The Labute approximate surface area is 181 Å². The molecule has 1 aromatic carbocycles. The van der Waals surface area contributed by atoms with Gasteiger partial charge in [-0.15, -0.1) is 0 Å². The molecule has 0 bridgehead atoms. The first-order chi connectivity index (χ1) is 14.5. The molecule has 0 atom stereocenters. The van der Waals surface area contributed by atoms with Gasteiger partial charge in [0.2, 0.25) is 5.88 Å². The van der Waals surface area contributed by atoms with Crippen molar-refractivity contribution in [2.24, 2.45) is 0 Å². The molecule has 0 spiro atoms. The van der Waals surface area contributed by atoms with E-state index in [0.29, 0.717) is 40.1 Å². The van der Waals surface area contributed by atoms with Crippen molar-refractivity contribution in [1.82, 2.24) is 15.0 Å². The summed E-state index contributed by atoms with van der Waals surface area (Å²) in [5, 5.41) is 5.85. The molecule has 0 fully saturated rings. The largest absolute Gasteiger partial charge is 0.494 e. The van der Waals surface area contributed by atoms with E-state index in [1.54, 1.807) is 50.6 Å². The quantitative estimate of drug-likeness (QED) is 0.504. The molecule has 0 aliphatic carbocycles. The molecule has 9 nitrogen and oxygen atoms in total. The zero-order valence-electron chi connectivity index (χ0n) is 16.6. The summed E-state index contributed by atoms with van der Waals surface area (Å²) in [4.78, 5) is 25.6. The molecule has 0 saturated carbocycles. The molecule has 3 rings (SSSR count). The van der Waals surface area contributed by atoms with Gasteiger partial charge in [0, 0.05) is 6.07 Å². The lowest BCUT2D eigenvalue weighted by atomic mass is 10.2. The van der Waals surface area contributed by atoms with Crippen LogP contribution in [0.15, 0.2) is 47.2 Å². The summed E-state index contributed by atoms with van der Waals surface area (Å²) in [6.07, 6.45) is 1.48. The lowest BCUT2D eigenvalue weighted by Gasteiger charge is -2.16. The van der Waals surface area contributed by atoms with E-state index >= 15 is 0 Å². The smallest absolute Gasteiger partial charge is 0.275 e. The maximum absolute atomic E-state index is 12.7. The SMILES string of the molecule is CCOc1cccc(C(=O)Nc2ncc(Br)nc2Nc2c(OC)cccc2OC)n1. The first-order valence-electron chi connectivity index (χ1n) is 8.97. The molecule has 0 unspecified atom stereocenters. The molecular weight excluding hydrogens is 454 g/mol. The van der Waals surface area contributed by atoms with Crippen molar-refractivity contribution in [3.63, 3.8) is 0 Å². The van der Waals surface area contributed by atoms with Gasteiger partial charge in [0.05, 0.1) is 27.0 Å². The summed E-state index contributed by atoms with van der Waals surface area (Å²) in [5.74, 6) is 1.49. The Balaban J connectivity index is 1.92. The summed E-state index contributed by atoms with van der Waals surface area (Å²) in [6.45, 7) is 2.29. The van der Waals surface area contributed by atoms with E-state index < -0.39 is 5.91 Å². The summed E-state index contributed by atoms with van der Waals surface area (Å²) in [6, 6.07) is 10.3. The molecule has 0 saturated heterocycles. The second kappa shape index (κ2) is 9.88. The van der Waals surface area contributed by atoms with Crippen molar-refractivity contribution in [2.45, 2.75) is 6.92 Å². The van der Waals surface area contributed by atoms with Gasteiger partial charge in [-0.05, 0) is 41.1 Å². The number of anilines is 3. The number of hydrogen-bond donors (Lipinski definition) is 2. The molecule has 30 heavy (non-hydrogen) atoms. The highest BCUT2D eigenvalue weighted by Gasteiger charge is 2.17. The number of carbonyl (C=O) groups excluding carboxylic acids is 1. The van der Waals surface area contributed by atoms with Gasteiger partial charge in [-0.2, -0.15) is 0 Å². The highest BCUT2D eigenvalue weighted by atomic mass is 79.9. The third kappa shape index (κ3) is 4.95. The van der Waals surface area contributed by atoms with Gasteiger partial charge in [0.25, 0.3) is 5.91 Å². The van der Waals surface area contributed by atoms with E-state index in [1.807, 2.05) is 6.92 Å². The molecule has 10 heteroatoms. The number of carbonyl (C=O) groups is 1. The average molecular weight is 474 g/mol. The number of halogens is 1. The number of pyridine rings is 1. The second-order valence-electron chi connectivity index (χ2n) is 5.80. The van der Waals surface area contributed by atoms with Gasteiger partial charge in [0.1, 0.15) is 27.5 Å². The maximum atomic E-state index is 12.7. The number of benzene rings is 1. The zero-order valence-corrected chi connectivity index (χ0v) is 18.2. The number of nitrogens with one attached hydrogen (secondary N) is 2. The van der Waals surface area contributed by atoms with E-state index in [-0.39, 0.29) is 11.5 Å². The van der Waals surface area contributed by atoms with E-state index in [4.69, 9.17) is 14.2 Å². The zero-order chi connectivity index (χ0) is 21.5. The second-order valence-corrected chi connectivity index (χ2v) is 6.61. The Morgan fingerprint density at radius 2 is 1.73 bits per heavy atom. The third-order valence-electron chi connectivity index (χ3n) is 3.89. The fraction of sp³-hybridized carbons (Fsp3) is 0.200. The predicted octanol–water partition coefficient (Wildman–Crippen LogP) is 4.05. The fourth-order valence-electron chi connectivity index (χ4n) is 2.58. The Kier molecular flexibility index (Phi) is 7.02. The number of amides is 1. The molecule has 0 aliphatic heterocycles. The first-order valence-corrected chi connectivity index (χ1v) is 9.76. The molecule has 0 radical (unpaired) electrons. The summed E-state index contributed by atoms with van der Waals surface area (Å²) < 4.78 is 16.6. The van der Waals surface area contributed by atoms with E-state index in [1.165, 1.54) is 6.20 Å². The van der Waals surface area contributed by atoms with Crippen LogP contribution in [0.4, 0.5) is 17.3 Å². The molecule has 3 aromatic rings. The predicted molar refractivity (Wildman–Crippen MR) is 116 cm³/mol. The number of rotatable bonds is 8. The van der Waals surface area contributed by atoms with Crippen molar-refractivity contribution in [3.05, 3.63) is 52.9 Å². The van der Waals surface area contributed by atoms with Crippen LogP contribution in [0.2, 0.25) is 0 Å². The molecular formula is C20H20BrN5O4. The summed E-state index contributed by atoms with van der Waals surface area (Å²) >= 11 is 3.30. The number of methoxy groups -OCH3 is 2. The molecule has 2 N–H and O–H groups in total. The van der Waals surface area contributed by atoms with Crippen LogP contribution >= 0.6 is 15.9 Å². The first kappa shape index (κ1) is 21.3. The lowest BCUT2D eigenvalue weighted by Crippen LogP contribution is -2.17. The van der Waals surface area contributed by atoms with Crippen LogP contribution in [-0.4, -0.2) is 41.7 Å². The fourth-order valence-corrected chi connectivity index (χ4v) is 2.86. The Morgan fingerprint density at radius 1 is 1.03 bits per heavy atom. The highest BCUT2D eigenvalue weighted by Crippen LogP contribution is 2.37. The Bertz CT molecular complexity index is 1030. The number of aromatic nitrogens is 3. The molecule has 156 valence electrons. The third-order valence-corrected chi connectivity index (χ3v) is 4.28. The van der Waals surface area contributed by atoms with E-state index in [2.05, 4.69) is 41.5 Å². The lowest BCUT2D eigenvalue weighted by molar-refractivity contribution is 0.102. The Hall–Kier alpha value is -3.40. The van der Waals surface area contributed by atoms with Crippen molar-refractivity contribution >= 4 is 39.2 Å². The van der Waals surface area contributed by atoms with Crippen molar-refractivity contribution < 1.29 is 19.0 Å². The Morgan fingerprint density at radius 3 is 2.40 bits per heavy atom. The minimum atomic E-state index is -0.455. The number of ether oxygens (including phenoxy) is 3. The van der Waals surface area contributed by atoms with Crippen LogP contribution in [0.3, 0.4) is 0 Å². The standard InChI is InChI=1S/C20H20BrN5O4/c1-4-30-16-10-5-7-12(23-16)20(27)26-18-19(24-15(21)11-22-18)25-17-13(28-2)8-6-9-14(17)29-3/h5-11H,4H2,1-3H3,(H,24,25)(H,22,26,27). The van der Waals surface area contributed by atoms with Crippen LogP contribution in [-0.2, 0) is 0 Å². The van der Waals surface area contributed by atoms with Crippen molar-refractivity contribution in [2.75, 3.05) is 31.5 Å². The van der Waals surface area contributed by atoms with Gasteiger partial charge >= 0.3 is 0 Å². The monoisotopic (exact) mass is 473 g/mol. The summed E-state index contributed by atoms with van der Waals surface area (Å²) in [7, 11) is 3.10. The van der Waals surface area contributed by atoms with Crippen LogP contribution in [0.25, 0.3) is 0 Å². The average Bonchev–Trinajstić information content (AvgIpc) is 2.76. The minimum absolute atomic E-state index is 0.187. The van der Waals surface area contributed by atoms with Gasteiger partial charge in [0.15, 0.2) is 11.6 Å². The van der Waals surface area contributed by atoms with E-state index in [9.17, 15) is 4.79 Å². The molecule has 2 aromatic heterocycles. The van der Waals surface area contributed by atoms with E-state index in [0.717, 1.165) is 0 Å². The van der Waals surface area contributed by atoms with Crippen LogP contribution in [0.5, 0.6) is 17.4 Å². The molecule has 2 heterocycles. The van der Waals surface area contributed by atoms with Crippen LogP contribution in [0.1, 0.15) is 17.4 Å². The number of hydrogen-bond acceptors (Lipinski definition) is 8. The van der Waals surface area contributed by atoms with Gasteiger partial charge in [-0.3, -0.25) is 4.79 Å². The minimum Gasteiger partial charge on any atom is -0.494 e. The maximum Gasteiger partial charge on any atom is 0.275 e. The van der Waals surface area contributed by atoms with Crippen LogP contribution in [0, 0.1) is 0 Å². The van der Waals surface area contributed by atoms with Crippen molar-refractivity contribution in [3.8, 4) is 17.4 Å². The van der Waals surface area contributed by atoms with Gasteiger partial charge in [-0.25, -0.2) is 15.0 Å².